The number of aromatic nitrogens is 5. The highest BCUT2D eigenvalue weighted by Gasteiger charge is 2.33. The van der Waals surface area contributed by atoms with Gasteiger partial charge in [0.1, 0.15) is 0 Å². The predicted molar refractivity (Wildman–Crippen MR) is 130 cm³/mol. The second kappa shape index (κ2) is 10.3. The molecule has 0 radical (unpaired) electrons. The third-order valence-electron chi connectivity index (χ3n) is 7.19. The molecule has 0 bridgehead atoms. The highest BCUT2D eigenvalue weighted by atomic mass is 16.2. The van der Waals surface area contributed by atoms with Gasteiger partial charge in [0.15, 0.2) is 0 Å². The summed E-state index contributed by atoms with van der Waals surface area (Å²) >= 11 is 0. The van der Waals surface area contributed by atoms with Gasteiger partial charge in [0.2, 0.25) is 11.9 Å². The molecular formula is C26H33N7O. The molecule has 0 N–H and O–H groups in total. The van der Waals surface area contributed by atoms with E-state index in [0.29, 0.717) is 24.8 Å². The number of hydrogen-bond acceptors (Lipinski definition) is 6. The van der Waals surface area contributed by atoms with Gasteiger partial charge in [-0.05, 0) is 71.6 Å². The highest BCUT2D eigenvalue weighted by Crippen LogP contribution is 2.32. The van der Waals surface area contributed by atoms with Crippen LogP contribution in [0.3, 0.4) is 0 Å². The lowest BCUT2D eigenvalue weighted by Crippen LogP contribution is -2.47. The van der Waals surface area contributed by atoms with Gasteiger partial charge in [-0.3, -0.25) is 9.78 Å². The lowest BCUT2D eigenvalue weighted by Gasteiger charge is -2.41. The number of piperidine rings is 2. The topological polar surface area (TPSA) is 80.0 Å². The molecule has 3 aromatic rings. The highest BCUT2D eigenvalue weighted by molar-refractivity contribution is 5.78. The molecule has 5 rings (SSSR count). The number of anilines is 1. The number of carbonyl (C=O) groups is 1. The zero-order valence-electron chi connectivity index (χ0n) is 19.9. The average molecular weight is 460 g/mol. The second-order valence-electron chi connectivity index (χ2n) is 9.76. The normalized spacial score (nSPS) is 21.0. The standard InChI is InChI=1S/C26H33N7O/c1-20-13-22(16-27-15-20)14-25(34)31-11-5-9-23(18-31)24-10-6-12-32(19-24)26-28-29-30-33(26)17-21-7-3-2-4-8-21/h2-4,7-8,13,15-16,23-24H,5-6,9-12,14,17-19H2,1H3. The molecule has 2 aliphatic rings. The van der Waals surface area contributed by atoms with Crippen molar-refractivity contribution in [3.05, 3.63) is 65.5 Å². The van der Waals surface area contributed by atoms with E-state index < -0.39 is 0 Å². The van der Waals surface area contributed by atoms with E-state index in [-0.39, 0.29) is 5.91 Å². The number of amides is 1. The summed E-state index contributed by atoms with van der Waals surface area (Å²) in [7, 11) is 0. The first-order valence-corrected chi connectivity index (χ1v) is 12.4. The average Bonchev–Trinajstić information content (AvgIpc) is 3.33. The van der Waals surface area contributed by atoms with E-state index in [1.165, 1.54) is 18.4 Å². The van der Waals surface area contributed by atoms with Crippen LogP contribution in [0.25, 0.3) is 0 Å². The second-order valence-corrected chi connectivity index (χ2v) is 9.76. The van der Waals surface area contributed by atoms with Crippen LogP contribution in [0.5, 0.6) is 0 Å². The predicted octanol–water partition coefficient (Wildman–Crippen LogP) is 3.12. The number of tetrazole rings is 1. The van der Waals surface area contributed by atoms with Crippen molar-refractivity contribution in [2.24, 2.45) is 11.8 Å². The number of carbonyl (C=O) groups excluding carboxylic acids is 1. The van der Waals surface area contributed by atoms with Crippen LogP contribution < -0.4 is 4.90 Å². The maximum absolute atomic E-state index is 13.0. The first-order chi connectivity index (χ1) is 16.7. The summed E-state index contributed by atoms with van der Waals surface area (Å²) in [6, 6.07) is 12.4. The lowest BCUT2D eigenvalue weighted by molar-refractivity contribution is -0.132. The summed E-state index contributed by atoms with van der Waals surface area (Å²) in [6.45, 7) is 6.32. The van der Waals surface area contributed by atoms with Crippen molar-refractivity contribution in [3.8, 4) is 0 Å². The molecule has 178 valence electrons. The first-order valence-electron chi connectivity index (χ1n) is 12.4. The van der Waals surface area contributed by atoms with Crippen LogP contribution in [0.1, 0.15) is 42.4 Å². The Labute approximate surface area is 201 Å². The third-order valence-corrected chi connectivity index (χ3v) is 7.19. The molecule has 0 spiro atoms. The van der Waals surface area contributed by atoms with Crippen molar-refractivity contribution in [3.63, 3.8) is 0 Å². The Bertz CT molecular complexity index is 1100. The summed E-state index contributed by atoms with van der Waals surface area (Å²) in [6.07, 6.45) is 8.66. The maximum atomic E-state index is 13.0. The minimum absolute atomic E-state index is 0.219. The molecule has 8 heteroatoms. The molecular weight excluding hydrogens is 426 g/mol. The fraction of sp³-hybridized carbons (Fsp3) is 0.500. The van der Waals surface area contributed by atoms with Crippen molar-refractivity contribution < 1.29 is 4.79 Å². The summed E-state index contributed by atoms with van der Waals surface area (Å²) in [5, 5.41) is 12.6. The minimum atomic E-state index is 0.219. The van der Waals surface area contributed by atoms with E-state index in [2.05, 4.69) is 48.5 Å². The van der Waals surface area contributed by atoms with Gasteiger partial charge in [-0.25, -0.2) is 4.68 Å². The van der Waals surface area contributed by atoms with Crippen LogP contribution in [0.15, 0.2) is 48.8 Å². The van der Waals surface area contributed by atoms with Crippen molar-refractivity contribution in [2.45, 2.75) is 45.6 Å². The molecule has 8 nitrogen and oxygen atoms in total. The summed E-state index contributed by atoms with van der Waals surface area (Å²) in [5.41, 5.74) is 3.29. The number of pyridine rings is 1. The molecule has 2 aromatic heterocycles. The lowest BCUT2D eigenvalue weighted by atomic mass is 9.80. The Morgan fingerprint density at radius 1 is 1.00 bits per heavy atom. The summed E-state index contributed by atoms with van der Waals surface area (Å²) in [4.78, 5) is 21.7. The Morgan fingerprint density at radius 2 is 1.79 bits per heavy atom. The summed E-state index contributed by atoms with van der Waals surface area (Å²) in [5.74, 6) is 2.14. The molecule has 0 aliphatic carbocycles. The van der Waals surface area contributed by atoms with Crippen LogP contribution in [0.2, 0.25) is 0 Å². The van der Waals surface area contributed by atoms with E-state index in [1.54, 1.807) is 0 Å². The van der Waals surface area contributed by atoms with Gasteiger partial charge in [-0.1, -0.05) is 41.5 Å². The minimum Gasteiger partial charge on any atom is -0.342 e. The van der Waals surface area contributed by atoms with Gasteiger partial charge in [0.05, 0.1) is 13.0 Å². The molecule has 34 heavy (non-hydrogen) atoms. The SMILES string of the molecule is Cc1cncc(CC(=O)N2CCCC(C3CCCN(c4nnnn4Cc4ccccc4)C3)C2)c1. The Balaban J connectivity index is 1.22. The molecule has 2 fully saturated rings. The van der Waals surface area contributed by atoms with Gasteiger partial charge in [0, 0.05) is 38.6 Å². The zero-order chi connectivity index (χ0) is 23.3. The van der Waals surface area contributed by atoms with Crippen molar-refractivity contribution in [2.75, 3.05) is 31.1 Å². The van der Waals surface area contributed by atoms with E-state index in [9.17, 15) is 4.79 Å². The van der Waals surface area contributed by atoms with Crippen molar-refractivity contribution in [1.82, 2.24) is 30.1 Å². The van der Waals surface area contributed by atoms with E-state index in [4.69, 9.17) is 0 Å². The van der Waals surface area contributed by atoms with E-state index in [1.807, 2.05) is 42.2 Å². The van der Waals surface area contributed by atoms with Gasteiger partial charge in [-0.2, -0.15) is 0 Å². The smallest absolute Gasteiger partial charge is 0.245 e. The molecule has 4 heterocycles. The van der Waals surface area contributed by atoms with Crippen molar-refractivity contribution >= 4 is 11.9 Å². The molecule has 2 aliphatic heterocycles. The number of rotatable bonds is 6. The number of hydrogen-bond donors (Lipinski definition) is 0. The van der Waals surface area contributed by atoms with Crippen LogP contribution in [0, 0.1) is 18.8 Å². The number of benzene rings is 1. The fourth-order valence-electron chi connectivity index (χ4n) is 5.48. The molecule has 1 amide bonds. The molecule has 1 aromatic carbocycles. The van der Waals surface area contributed by atoms with Gasteiger partial charge >= 0.3 is 0 Å². The van der Waals surface area contributed by atoms with E-state index >= 15 is 0 Å². The Kier molecular flexibility index (Phi) is 6.83. The number of likely N-dealkylation sites (tertiary alicyclic amines) is 1. The van der Waals surface area contributed by atoms with Crippen LogP contribution in [-0.2, 0) is 17.8 Å². The quantitative estimate of drug-likeness (QED) is 0.564. The number of nitrogens with zero attached hydrogens (tertiary/aromatic N) is 7. The zero-order valence-corrected chi connectivity index (χ0v) is 19.9. The summed E-state index contributed by atoms with van der Waals surface area (Å²) < 4.78 is 1.91. The van der Waals surface area contributed by atoms with Crippen LogP contribution in [0.4, 0.5) is 5.95 Å². The monoisotopic (exact) mass is 459 g/mol. The maximum Gasteiger partial charge on any atom is 0.245 e. The van der Waals surface area contributed by atoms with E-state index in [0.717, 1.165) is 56.1 Å². The third kappa shape index (κ3) is 5.26. The Hall–Kier alpha value is -3.29. The molecule has 2 atom stereocenters. The first kappa shape index (κ1) is 22.5. The van der Waals surface area contributed by atoms with Crippen molar-refractivity contribution in [1.29, 1.82) is 0 Å². The molecule has 2 unspecified atom stereocenters. The van der Waals surface area contributed by atoms with Gasteiger partial charge < -0.3 is 9.80 Å². The largest absolute Gasteiger partial charge is 0.342 e. The van der Waals surface area contributed by atoms with Crippen LogP contribution >= 0.6 is 0 Å². The van der Waals surface area contributed by atoms with Crippen LogP contribution in [-0.4, -0.2) is 62.2 Å². The number of aryl methyl sites for hydroxylation is 1. The van der Waals surface area contributed by atoms with Gasteiger partial charge in [0.25, 0.3) is 0 Å². The Morgan fingerprint density at radius 3 is 2.62 bits per heavy atom. The fourth-order valence-corrected chi connectivity index (χ4v) is 5.48. The molecule has 2 saturated heterocycles. The molecule has 0 saturated carbocycles. The van der Waals surface area contributed by atoms with Gasteiger partial charge in [-0.15, -0.1) is 0 Å².